The number of hydrogen-bond donors (Lipinski definition) is 1. The SMILES string of the molecule is O=C(c1ccc(NCCCc2ccccc2)nn1)N1CCCCCC1. The molecule has 1 saturated heterocycles. The first-order valence-corrected chi connectivity index (χ1v) is 9.24. The van der Waals surface area contributed by atoms with Gasteiger partial charge in [0.25, 0.3) is 5.91 Å². The molecule has 0 atom stereocenters. The van der Waals surface area contributed by atoms with Crippen LogP contribution in [0.3, 0.4) is 0 Å². The summed E-state index contributed by atoms with van der Waals surface area (Å²) in [6.45, 7) is 2.50. The van der Waals surface area contributed by atoms with Gasteiger partial charge in [0.15, 0.2) is 5.69 Å². The smallest absolute Gasteiger partial charge is 0.274 e. The molecule has 0 aliphatic carbocycles. The van der Waals surface area contributed by atoms with Crippen molar-refractivity contribution in [2.24, 2.45) is 0 Å². The molecule has 5 heteroatoms. The molecule has 132 valence electrons. The second kappa shape index (κ2) is 9.16. The maximum Gasteiger partial charge on any atom is 0.274 e. The van der Waals surface area contributed by atoms with Crippen molar-refractivity contribution in [1.29, 1.82) is 0 Å². The molecule has 2 aromatic rings. The number of amides is 1. The van der Waals surface area contributed by atoms with E-state index in [4.69, 9.17) is 0 Å². The third-order valence-corrected chi connectivity index (χ3v) is 4.57. The second-order valence-corrected chi connectivity index (χ2v) is 6.53. The van der Waals surface area contributed by atoms with Gasteiger partial charge >= 0.3 is 0 Å². The predicted octanol–water partition coefficient (Wildman–Crippen LogP) is 3.54. The van der Waals surface area contributed by atoms with Crippen LogP contribution in [-0.2, 0) is 6.42 Å². The largest absolute Gasteiger partial charge is 0.369 e. The zero-order valence-corrected chi connectivity index (χ0v) is 14.7. The zero-order chi connectivity index (χ0) is 17.3. The zero-order valence-electron chi connectivity index (χ0n) is 14.7. The molecule has 0 bridgehead atoms. The van der Waals surface area contributed by atoms with Crippen molar-refractivity contribution < 1.29 is 4.79 Å². The van der Waals surface area contributed by atoms with Gasteiger partial charge in [-0.3, -0.25) is 4.79 Å². The summed E-state index contributed by atoms with van der Waals surface area (Å²) in [5.74, 6) is 0.727. The summed E-state index contributed by atoms with van der Waals surface area (Å²) in [4.78, 5) is 14.4. The van der Waals surface area contributed by atoms with E-state index in [0.29, 0.717) is 5.69 Å². The normalized spacial score (nSPS) is 14.8. The van der Waals surface area contributed by atoms with Crippen molar-refractivity contribution in [3.8, 4) is 0 Å². The van der Waals surface area contributed by atoms with E-state index in [1.54, 1.807) is 6.07 Å². The van der Waals surface area contributed by atoms with Crippen LogP contribution in [0.15, 0.2) is 42.5 Å². The van der Waals surface area contributed by atoms with Gasteiger partial charge in [-0.1, -0.05) is 43.2 Å². The van der Waals surface area contributed by atoms with Gasteiger partial charge in [-0.2, -0.15) is 0 Å². The van der Waals surface area contributed by atoms with Gasteiger partial charge in [0.2, 0.25) is 0 Å². The molecule has 1 fully saturated rings. The number of benzene rings is 1. The Hall–Kier alpha value is -2.43. The lowest BCUT2D eigenvalue weighted by Crippen LogP contribution is -2.32. The highest BCUT2D eigenvalue weighted by Gasteiger charge is 2.18. The van der Waals surface area contributed by atoms with Crippen molar-refractivity contribution in [2.45, 2.75) is 38.5 Å². The van der Waals surface area contributed by atoms with Gasteiger partial charge in [-0.05, 0) is 43.4 Å². The van der Waals surface area contributed by atoms with Crippen LogP contribution in [0.1, 0.15) is 48.2 Å². The molecule has 1 aromatic heterocycles. The Morgan fingerprint density at radius 1 is 0.960 bits per heavy atom. The lowest BCUT2D eigenvalue weighted by molar-refractivity contribution is 0.0754. The number of rotatable bonds is 6. The molecule has 1 N–H and O–H groups in total. The summed E-state index contributed by atoms with van der Waals surface area (Å²) in [6.07, 6.45) is 6.65. The first kappa shape index (κ1) is 17.4. The molecule has 1 aliphatic heterocycles. The lowest BCUT2D eigenvalue weighted by atomic mass is 10.1. The second-order valence-electron chi connectivity index (χ2n) is 6.53. The average molecular weight is 338 g/mol. The van der Waals surface area contributed by atoms with Crippen LogP contribution in [0, 0.1) is 0 Å². The van der Waals surface area contributed by atoms with E-state index in [9.17, 15) is 4.79 Å². The summed E-state index contributed by atoms with van der Waals surface area (Å²) >= 11 is 0. The number of carbonyl (C=O) groups is 1. The van der Waals surface area contributed by atoms with Crippen molar-refractivity contribution in [2.75, 3.05) is 25.0 Å². The number of hydrogen-bond acceptors (Lipinski definition) is 4. The van der Waals surface area contributed by atoms with E-state index in [1.807, 2.05) is 17.0 Å². The molecule has 1 amide bonds. The predicted molar refractivity (Wildman–Crippen MR) is 99.7 cm³/mol. The number of carbonyl (C=O) groups excluding carboxylic acids is 1. The van der Waals surface area contributed by atoms with E-state index < -0.39 is 0 Å². The summed E-state index contributed by atoms with van der Waals surface area (Å²) in [5.41, 5.74) is 1.78. The Bertz CT molecular complexity index is 649. The molecule has 1 aromatic carbocycles. The van der Waals surface area contributed by atoms with Crippen molar-refractivity contribution in [3.05, 3.63) is 53.7 Å². The van der Waals surface area contributed by atoms with E-state index in [1.165, 1.54) is 18.4 Å². The summed E-state index contributed by atoms with van der Waals surface area (Å²) in [6, 6.07) is 14.1. The minimum absolute atomic E-state index is 0.00466. The quantitative estimate of drug-likeness (QED) is 0.819. The number of anilines is 1. The van der Waals surface area contributed by atoms with E-state index >= 15 is 0 Å². The molecule has 25 heavy (non-hydrogen) atoms. The highest BCUT2D eigenvalue weighted by molar-refractivity contribution is 5.92. The Morgan fingerprint density at radius 3 is 2.40 bits per heavy atom. The molecule has 0 unspecified atom stereocenters. The first-order valence-electron chi connectivity index (χ1n) is 9.24. The molecular weight excluding hydrogens is 312 g/mol. The van der Waals surface area contributed by atoms with Gasteiger partial charge < -0.3 is 10.2 Å². The molecule has 2 heterocycles. The van der Waals surface area contributed by atoms with Crippen LogP contribution in [-0.4, -0.2) is 40.6 Å². The highest BCUT2D eigenvalue weighted by Crippen LogP contribution is 2.13. The van der Waals surface area contributed by atoms with Gasteiger partial charge in [0.05, 0.1) is 0 Å². The van der Waals surface area contributed by atoms with Crippen LogP contribution in [0.5, 0.6) is 0 Å². The van der Waals surface area contributed by atoms with Crippen LogP contribution >= 0.6 is 0 Å². The average Bonchev–Trinajstić information content (AvgIpc) is 2.95. The van der Waals surface area contributed by atoms with Crippen molar-refractivity contribution in [3.63, 3.8) is 0 Å². The Labute approximate surface area is 149 Å². The van der Waals surface area contributed by atoms with Gasteiger partial charge in [-0.25, -0.2) is 0 Å². The highest BCUT2D eigenvalue weighted by atomic mass is 16.2. The van der Waals surface area contributed by atoms with E-state index in [0.717, 1.165) is 51.1 Å². The first-order chi connectivity index (χ1) is 12.3. The molecule has 0 radical (unpaired) electrons. The van der Waals surface area contributed by atoms with Crippen molar-refractivity contribution in [1.82, 2.24) is 15.1 Å². The van der Waals surface area contributed by atoms with Crippen LogP contribution < -0.4 is 5.32 Å². The number of nitrogens with one attached hydrogen (secondary N) is 1. The maximum atomic E-state index is 12.5. The molecule has 0 spiro atoms. The van der Waals surface area contributed by atoms with Crippen LogP contribution in [0.4, 0.5) is 5.82 Å². The number of aromatic nitrogens is 2. The minimum atomic E-state index is 0.00466. The minimum Gasteiger partial charge on any atom is -0.369 e. The van der Waals surface area contributed by atoms with Crippen LogP contribution in [0.2, 0.25) is 0 Å². The molecule has 5 nitrogen and oxygen atoms in total. The fraction of sp³-hybridized carbons (Fsp3) is 0.450. The van der Waals surface area contributed by atoms with Gasteiger partial charge in [0.1, 0.15) is 5.82 Å². The molecule has 1 aliphatic rings. The molecular formula is C20H26N4O. The maximum absolute atomic E-state index is 12.5. The van der Waals surface area contributed by atoms with Gasteiger partial charge in [-0.15, -0.1) is 10.2 Å². The third-order valence-electron chi connectivity index (χ3n) is 4.57. The summed E-state index contributed by atoms with van der Waals surface area (Å²) < 4.78 is 0. The summed E-state index contributed by atoms with van der Waals surface area (Å²) in [5, 5.41) is 11.5. The Balaban J connectivity index is 1.45. The van der Waals surface area contributed by atoms with Crippen molar-refractivity contribution >= 4 is 11.7 Å². The van der Waals surface area contributed by atoms with E-state index in [2.05, 4.69) is 39.8 Å². The fourth-order valence-corrected chi connectivity index (χ4v) is 3.13. The number of likely N-dealkylation sites (tertiary alicyclic amines) is 1. The summed E-state index contributed by atoms with van der Waals surface area (Å²) in [7, 11) is 0. The lowest BCUT2D eigenvalue weighted by Gasteiger charge is -2.19. The number of nitrogens with zero attached hydrogens (tertiary/aromatic N) is 3. The molecule has 0 saturated carbocycles. The Morgan fingerprint density at radius 2 is 1.72 bits per heavy atom. The molecule has 3 rings (SSSR count). The topological polar surface area (TPSA) is 58.1 Å². The fourth-order valence-electron chi connectivity index (χ4n) is 3.13. The standard InChI is InChI=1S/C20H26N4O/c25-20(24-15-6-1-2-7-16-24)18-12-13-19(23-22-18)21-14-8-11-17-9-4-3-5-10-17/h3-5,9-10,12-13H,1-2,6-8,11,14-16H2,(H,21,23). The monoisotopic (exact) mass is 338 g/mol. The number of aryl methyl sites for hydroxylation is 1. The Kier molecular flexibility index (Phi) is 6.37. The third kappa shape index (κ3) is 5.28. The van der Waals surface area contributed by atoms with Gasteiger partial charge in [0, 0.05) is 19.6 Å². The van der Waals surface area contributed by atoms with E-state index in [-0.39, 0.29) is 5.91 Å². The van der Waals surface area contributed by atoms with Crippen LogP contribution in [0.25, 0.3) is 0 Å².